The predicted octanol–water partition coefficient (Wildman–Crippen LogP) is 4.11. The summed E-state index contributed by atoms with van der Waals surface area (Å²) in [5.74, 6) is -0.393. The van der Waals surface area contributed by atoms with Gasteiger partial charge in [-0.15, -0.1) is 0 Å². The summed E-state index contributed by atoms with van der Waals surface area (Å²) in [6.45, 7) is 1.56. The molecule has 0 bridgehead atoms. The molecule has 1 amide bonds. The average Bonchev–Trinajstić information content (AvgIpc) is 3.37. The molecule has 178 valence electrons. The topological polar surface area (TPSA) is 93.7 Å². The zero-order chi connectivity index (χ0) is 24.0. The highest BCUT2D eigenvalue weighted by Crippen LogP contribution is 2.20. The summed E-state index contributed by atoms with van der Waals surface area (Å²) in [7, 11) is -4.07. The molecule has 1 atom stereocenters. The Labute approximate surface area is 198 Å². The number of ether oxygens (including phenoxy) is 2. The van der Waals surface area contributed by atoms with E-state index in [9.17, 15) is 17.6 Å². The number of para-hydroxylation sites is 1. The third kappa shape index (κ3) is 6.12. The van der Waals surface area contributed by atoms with Gasteiger partial charge in [0.1, 0.15) is 18.2 Å². The minimum absolute atomic E-state index is 0.139. The molecular formula is C25H25FN2O5S. The van der Waals surface area contributed by atoms with Gasteiger partial charge in [0.05, 0.1) is 16.7 Å². The first-order chi connectivity index (χ1) is 16.4. The van der Waals surface area contributed by atoms with Crippen molar-refractivity contribution in [2.75, 3.05) is 17.9 Å². The number of sulfonamides is 1. The number of hydrogen-bond acceptors (Lipinski definition) is 5. The molecule has 0 radical (unpaired) electrons. The Morgan fingerprint density at radius 2 is 1.85 bits per heavy atom. The third-order valence-electron chi connectivity index (χ3n) is 5.36. The number of nitrogens with one attached hydrogen (secondary N) is 2. The fourth-order valence-electron chi connectivity index (χ4n) is 3.51. The van der Waals surface area contributed by atoms with Crippen molar-refractivity contribution >= 4 is 21.6 Å². The summed E-state index contributed by atoms with van der Waals surface area (Å²) in [6.07, 6.45) is 2.20. The lowest BCUT2D eigenvalue weighted by Gasteiger charge is -2.12. The summed E-state index contributed by atoms with van der Waals surface area (Å²) >= 11 is 0. The summed E-state index contributed by atoms with van der Waals surface area (Å²) in [6, 6.07) is 18.4. The van der Waals surface area contributed by atoms with E-state index >= 15 is 0 Å². The molecular weight excluding hydrogens is 459 g/mol. The van der Waals surface area contributed by atoms with E-state index in [1.54, 1.807) is 0 Å². The number of rotatable bonds is 9. The molecule has 9 heteroatoms. The van der Waals surface area contributed by atoms with E-state index in [-0.39, 0.29) is 28.8 Å². The molecule has 1 heterocycles. The second-order valence-corrected chi connectivity index (χ2v) is 9.57. The second-order valence-electron chi connectivity index (χ2n) is 7.89. The van der Waals surface area contributed by atoms with Crippen molar-refractivity contribution in [3.05, 3.63) is 89.7 Å². The number of hydrogen-bond donors (Lipinski definition) is 2. The molecule has 7 nitrogen and oxygen atoms in total. The zero-order valence-electron chi connectivity index (χ0n) is 18.4. The van der Waals surface area contributed by atoms with Crippen molar-refractivity contribution in [1.82, 2.24) is 5.32 Å². The van der Waals surface area contributed by atoms with Gasteiger partial charge < -0.3 is 14.8 Å². The fourth-order valence-corrected chi connectivity index (χ4v) is 4.62. The normalized spacial score (nSPS) is 15.6. The highest BCUT2D eigenvalue weighted by molar-refractivity contribution is 7.92. The third-order valence-corrected chi connectivity index (χ3v) is 6.72. The lowest BCUT2D eigenvalue weighted by molar-refractivity contribution is 0.0679. The second kappa shape index (κ2) is 10.7. The minimum Gasteiger partial charge on any atom is -0.491 e. The maximum atomic E-state index is 13.8. The monoisotopic (exact) mass is 484 g/mol. The number of carbonyl (C=O) groups excluding carboxylic acids is 1. The van der Waals surface area contributed by atoms with Crippen LogP contribution in [0.5, 0.6) is 5.75 Å². The van der Waals surface area contributed by atoms with Crippen LogP contribution in [0.1, 0.15) is 28.8 Å². The van der Waals surface area contributed by atoms with Crippen LogP contribution in [-0.2, 0) is 21.3 Å². The maximum Gasteiger partial charge on any atom is 0.262 e. The van der Waals surface area contributed by atoms with Crippen LogP contribution in [0.2, 0.25) is 0 Å². The first-order valence-corrected chi connectivity index (χ1v) is 12.4. The van der Waals surface area contributed by atoms with Gasteiger partial charge in [0, 0.05) is 18.7 Å². The first kappa shape index (κ1) is 23.7. The molecule has 1 aliphatic heterocycles. The number of amides is 1. The Morgan fingerprint density at radius 1 is 1.06 bits per heavy atom. The Bertz CT molecular complexity index is 1240. The summed E-state index contributed by atoms with van der Waals surface area (Å²) < 4.78 is 52.6. The molecule has 3 aromatic rings. The standard InChI is InChI=1S/C25H25FN2O5S/c26-23-8-1-2-9-24(23)28-34(30,31)22-7-3-5-19(15-22)25(29)27-16-18-10-12-20(13-11-18)33-17-21-6-4-14-32-21/h1-3,5,7-13,15,21,28H,4,6,14,16-17H2,(H,27,29). The van der Waals surface area contributed by atoms with Crippen LogP contribution in [-0.4, -0.2) is 33.6 Å². The van der Waals surface area contributed by atoms with E-state index in [1.807, 2.05) is 24.3 Å². The molecule has 0 spiro atoms. The Kier molecular flexibility index (Phi) is 7.44. The fraction of sp³-hybridized carbons (Fsp3) is 0.240. The highest BCUT2D eigenvalue weighted by atomic mass is 32.2. The van der Waals surface area contributed by atoms with E-state index in [2.05, 4.69) is 10.0 Å². The molecule has 1 aliphatic rings. The molecule has 1 fully saturated rings. The average molecular weight is 485 g/mol. The zero-order valence-corrected chi connectivity index (χ0v) is 19.2. The molecule has 0 aliphatic carbocycles. The largest absolute Gasteiger partial charge is 0.491 e. The van der Waals surface area contributed by atoms with E-state index in [4.69, 9.17) is 9.47 Å². The van der Waals surface area contributed by atoms with E-state index in [0.717, 1.165) is 36.8 Å². The molecule has 1 saturated heterocycles. The molecule has 0 saturated carbocycles. The van der Waals surface area contributed by atoms with Gasteiger partial charge in [-0.2, -0.15) is 0 Å². The molecule has 0 aromatic heterocycles. The van der Waals surface area contributed by atoms with Crippen molar-refractivity contribution in [2.24, 2.45) is 0 Å². The van der Waals surface area contributed by atoms with Crippen LogP contribution in [0.15, 0.2) is 77.7 Å². The van der Waals surface area contributed by atoms with Gasteiger partial charge in [-0.05, 0) is 60.9 Å². The number of anilines is 1. The van der Waals surface area contributed by atoms with Crippen LogP contribution in [0.3, 0.4) is 0 Å². The first-order valence-electron chi connectivity index (χ1n) is 10.9. The van der Waals surface area contributed by atoms with E-state index in [0.29, 0.717) is 6.61 Å². The molecule has 3 aromatic carbocycles. The Balaban J connectivity index is 1.34. The van der Waals surface area contributed by atoms with E-state index in [1.165, 1.54) is 42.5 Å². The smallest absolute Gasteiger partial charge is 0.262 e. The molecule has 1 unspecified atom stereocenters. The summed E-state index contributed by atoms with van der Waals surface area (Å²) in [4.78, 5) is 12.5. The Morgan fingerprint density at radius 3 is 2.59 bits per heavy atom. The van der Waals surface area contributed by atoms with Crippen molar-refractivity contribution in [2.45, 2.75) is 30.4 Å². The highest BCUT2D eigenvalue weighted by Gasteiger charge is 2.18. The lowest BCUT2D eigenvalue weighted by atomic mass is 10.2. The van der Waals surface area contributed by atoms with E-state index < -0.39 is 21.7 Å². The van der Waals surface area contributed by atoms with Gasteiger partial charge in [0.15, 0.2) is 0 Å². The van der Waals surface area contributed by atoms with Crippen LogP contribution in [0, 0.1) is 5.82 Å². The Hall–Kier alpha value is -3.43. The number of halogens is 1. The van der Waals surface area contributed by atoms with Crippen LogP contribution >= 0.6 is 0 Å². The predicted molar refractivity (Wildman–Crippen MR) is 126 cm³/mol. The van der Waals surface area contributed by atoms with Gasteiger partial charge in [-0.25, -0.2) is 12.8 Å². The van der Waals surface area contributed by atoms with Crippen molar-refractivity contribution in [1.29, 1.82) is 0 Å². The minimum atomic E-state index is -4.07. The number of carbonyl (C=O) groups is 1. The van der Waals surface area contributed by atoms with Crippen molar-refractivity contribution < 1.29 is 27.1 Å². The summed E-state index contributed by atoms with van der Waals surface area (Å²) in [5.41, 5.74) is 0.872. The van der Waals surface area contributed by atoms with Crippen LogP contribution in [0.4, 0.5) is 10.1 Å². The van der Waals surface area contributed by atoms with Gasteiger partial charge in [0.25, 0.3) is 15.9 Å². The van der Waals surface area contributed by atoms with Gasteiger partial charge in [-0.1, -0.05) is 30.3 Å². The number of benzene rings is 3. The lowest BCUT2D eigenvalue weighted by Crippen LogP contribution is -2.23. The van der Waals surface area contributed by atoms with Crippen LogP contribution < -0.4 is 14.8 Å². The quantitative estimate of drug-likeness (QED) is 0.477. The molecule has 4 rings (SSSR count). The van der Waals surface area contributed by atoms with Crippen molar-refractivity contribution in [3.8, 4) is 5.75 Å². The van der Waals surface area contributed by atoms with Gasteiger partial charge in [-0.3, -0.25) is 9.52 Å². The van der Waals surface area contributed by atoms with Gasteiger partial charge >= 0.3 is 0 Å². The van der Waals surface area contributed by atoms with Crippen LogP contribution in [0.25, 0.3) is 0 Å². The maximum absolute atomic E-state index is 13.8. The molecule has 34 heavy (non-hydrogen) atoms. The molecule has 2 N–H and O–H groups in total. The SMILES string of the molecule is O=C(NCc1ccc(OCC2CCCO2)cc1)c1cccc(S(=O)(=O)Nc2ccccc2F)c1. The summed E-state index contributed by atoms with van der Waals surface area (Å²) in [5, 5.41) is 2.77. The van der Waals surface area contributed by atoms with Gasteiger partial charge in [0.2, 0.25) is 0 Å². The van der Waals surface area contributed by atoms with Crippen molar-refractivity contribution in [3.63, 3.8) is 0 Å².